The molecule has 5 nitrogen and oxygen atoms in total. The van der Waals surface area contributed by atoms with Gasteiger partial charge in [0.25, 0.3) is 0 Å². The number of aromatic nitrogens is 2. The minimum Gasteiger partial charge on any atom is -0.873 e. The van der Waals surface area contributed by atoms with Crippen molar-refractivity contribution in [1.29, 1.82) is 0 Å². The number of nitrogens with zero attached hydrogens (tertiary/aromatic N) is 3. The normalized spacial score (nSPS) is 12.5. The van der Waals surface area contributed by atoms with Crippen molar-refractivity contribution in [3.63, 3.8) is 0 Å². The Morgan fingerprint density at radius 2 is 1.23 bits per heavy atom. The molecule has 0 saturated heterocycles. The Kier molecular flexibility index (Phi) is 11.1. The van der Waals surface area contributed by atoms with Crippen LogP contribution in [0, 0.1) is 0 Å². The van der Waals surface area contributed by atoms with E-state index in [1.165, 1.54) is 17.2 Å². The van der Waals surface area contributed by atoms with E-state index in [0.717, 1.165) is 16.9 Å². The van der Waals surface area contributed by atoms with Gasteiger partial charge in [-0.1, -0.05) is 113 Å². The molecule has 0 aliphatic heterocycles. The third-order valence-electron chi connectivity index (χ3n) is 6.32. The van der Waals surface area contributed by atoms with Crippen molar-refractivity contribution < 1.29 is 26.7 Å². The fraction of sp³-hybridized carbons (Fsp3) is 0.485. The van der Waals surface area contributed by atoms with Gasteiger partial charge in [0.2, 0.25) is 0 Å². The summed E-state index contributed by atoms with van der Waals surface area (Å²) in [6, 6.07) is 9.95. The van der Waals surface area contributed by atoms with Gasteiger partial charge in [-0.2, -0.15) is 0 Å². The number of aliphatic imine (C=N–C) groups is 1. The number of benzene rings is 2. The molecule has 0 bridgehead atoms. The molecule has 3 rings (SSSR count). The van der Waals surface area contributed by atoms with E-state index in [1.54, 1.807) is 24.8 Å². The van der Waals surface area contributed by atoms with Crippen LogP contribution >= 0.6 is 0 Å². The average Bonchev–Trinajstić information content (AvgIpc) is 2.77. The SMILES string of the molecule is CC(C)(C)c1cc([O-])c([O-])c(C(C)(C)C)c1.CC(C)(C)c1ccc(C(C)(C)C)c(N=Cc2cnccn2)c1.[Ni+2]. The van der Waals surface area contributed by atoms with Crippen molar-refractivity contribution in [2.45, 2.75) is 105 Å². The maximum absolute atomic E-state index is 11.8. The van der Waals surface area contributed by atoms with E-state index in [2.05, 4.69) is 74.7 Å². The van der Waals surface area contributed by atoms with Crippen molar-refractivity contribution in [2.24, 2.45) is 4.99 Å². The van der Waals surface area contributed by atoms with Gasteiger partial charge < -0.3 is 10.2 Å². The molecule has 2 aromatic carbocycles. The van der Waals surface area contributed by atoms with Gasteiger partial charge in [-0.3, -0.25) is 15.0 Å². The molecule has 0 spiro atoms. The molecular weight excluding hydrogens is 529 g/mol. The van der Waals surface area contributed by atoms with Gasteiger partial charge in [-0.25, -0.2) is 0 Å². The average molecular weight is 574 g/mol. The zero-order valence-corrected chi connectivity index (χ0v) is 26.7. The summed E-state index contributed by atoms with van der Waals surface area (Å²) in [5, 5.41) is 23.4. The minimum atomic E-state index is -0.391. The molecule has 1 heterocycles. The van der Waals surface area contributed by atoms with Crippen LogP contribution < -0.4 is 10.2 Å². The van der Waals surface area contributed by atoms with Gasteiger partial charge in [0, 0.05) is 12.4 Å². The summed E-state index contributed by atoms with van der Waals surface area (Å²) < 4.78 is 0. The fourth-order valence-corrected chi connectivity index (χ4v) is 3.84. The Bertz CT molecular complexity index is 1260. The maximum Gasteiger partial charge on any atom is 2.00 e. The van der Waals surface area contributed by atoms with Gasteiger partial charge in [0.05, 0.1) is 23.8 Å². The molecule has 0 aliphatic carbocycles. The minimum absolute atomic E-state index is 0. The topological polar surface area (TPSA) is 84.3 Å². The van der Waals surface area contributed by atoms with E-state index < -0.39 is 5.75 Å². The van der Waals surface area contributed by atoms with Crippen LogP contribution in [0.15, 0.2) is 53.9 Å². The quantitative estimate of drug-likeness (QED) is 0.239. The maximum atomic E-state index is 11.8. The second kappa shape index (κ2) is 12.6. The molecule has 1 aromatic heterocycles. The monoisotopic (exact) mass is 573 g/mol. The van der Waals surface area contributed by atoms with Gasteiger partial charge in [0.1, 0.15) is 0 Å². The first kappa shape index (κ1) is 34.3. The van der Waals surface area contributed by atoms with Crippen LogP contribution in [0.4, 0.5) is 5.69 Å². The number of hydrogen-bond acceptors (Lipinski definition) is 5. The standard InChI is InChI=1S/C19H25N3.C14H22O2.Ni/c1-18(2,3)14-7-8-16(19(4,5)6)17(11-14)22-13-15-12-20-9-10-21-15;1-13(2,3)9-7-10(14(4,5)6)12(16)11(15)8-9;/h7-13H,1-6H3;7-8,15-16H,1-6H3;/q;;+2/p-2. The van der Waals surface area contributed by atoms with E-state index >= 15 is 0 Å². The largest absolute Gasteiger partial charge is 2.00 e. The van der Waals surface area contributed by atoms with Gasteiger partial charge >= 0.3 is 16.5 Å². The molecule has 0 aliphatic rings. The van der Waals surface area contributed by atoms with E-state index in [4.69, 9.17) is 0 Å². The summed E-state index contributed by atoms with van der Waals surface area (Å²) in [6.45, 7) is 25.3. The van der Waals surface area contributed by atoms with Crippen molar-refractivity contribution in [2.75, 3.05) is 0 Å². The van der Waals surface area contributed by atoms with E-state index in [9.17, 15) is 10.2 Å². The van der Waals surface area contributed by atoms with Gasteiger partial charge in [0.15, 0.2) is 0 Å². The molecule has 3 aromatic rings. The van der Waals surface area contributed by atoms with E-state index in [0.29, 0.717) is 5.56 Å². The summed E-state index contributed by atoms with van der Waals surface area (Å²) in [5.74, 6) is -0.752. The zero-order chi connectivity index (χ0) is 29.1. The summed E-state index contributed by atoms with van der Waals surface area (Å²) in [5.41, 5.74) is 5.61. The summed E-state index contributed by atoms with van der Waals surface area (Å²) in [7, 11) is 0. The van der Waals surface area contributed by atoms with Crippen LogP contribution in [0.5, 0.6) is 11.5 Å². The molecule has 0 radical (unpaired) electrons. The number of rotatable bonds is 2. The molecule has 0 N–H and O–H groups in total. The zero-order valence-electron chi connectivity index (χ0n) is 25.7. The predicted molar refractivity (Wildman–Crippen MR) is 156 cm³/mol. The Morgan fingerprint density at radius 3 is 1.69 bits per heavy atom. The van der Waals surface area contributed by atoms with Crippen LogP contribution in [0.3, 0.4) is 0 Å². The second-order valence-corrected chi connectivity index (χ2v) is 14.0. The first-order valence-electron chi connectivity index (χ1n) is 13.2. The molecule has 39 heavy (non-hydrogen) atoms. The molecule has 6 heteroatoms. The van der Waals surface area contributed by atoms with Crippen molar-refractivity contribution in [3.8, 4) is 11.5 Å². The van der Waals surface area contributed by atoms with Crippen LogP contribution in [-0.2, 0) is 38.2 Å². The Balaban J connectivity index is 0.000000399. The first-order chi connectivity index (χ1) is 17.2. The molecule has 0 fully saturated rings. The number of hydrogen-bond donors (Lipinski definition) is 0. The van der Waals surface area contributed by atoms with Crippen LogP contribution in [-0.4, -0.2) is 16.2 Å². The second-order valence-electron chi connectivity index (χ2n) is 14.0. The van der Waals surface area contributed by atoms with Crippen molar-refractivity contribution in [3.05, 3.63) is 76.9 Å². The van der Waals surface area contributed by atoms with Crippen LogP contribution in [0.2, 0.25) is 0 Å². The van der Waals surface area contributed by atoms with Crippen molar-refractivity contribution in [1.82, 2.24) is 9.97 Å². The van der Waals surface area contributed by atoms with E-state index in [-0.39, 0.29) is 43.9 Å². The first-order valence-corrected chi connectivity index (χ1v) is 13.2. The van der Waals surface area contributed by atoms with Crippen molar-refractivity contribution >= 4 is 11.9 Å². The molecule has 0 amide bonds. The summed E-state index contributed by atoms with van der Waals surface area (Å²) in [6.07, 6.45) is 6.84. The smallest absolute Gasteiger partial charge is 0.873 e. The summed E-state index contributed by atoms with van der Waals surface area (Å²) in [4.78, 5) is 13.0. The van der Waals surface area contributed by atoms with Crippen LogP contribution in [0.1, 0.15) is 111 Å². The molecule has 0 atom stereocenters. The Hall–Kier alpha value is -2.72. The Labute approximate surface area is 246 Å². The van der Waals surface area contributed by atoms with E-state index in [1.807, 2.05) is 47.6 Å². The Morgan fingerprint density at radius 1 is 0.667 bits per heavy atom. The van der Waals surface area contributed by atoms with Crippen LogP contribution in [0.25, 0.3) is 0 Å². The molecule has 0 unspecified atom stereocenters. The third kappa shape index (κ3) is 9.76. The van der Waals surface area contributed by atoms with Gasteiger partial charge in [-0.05, 0) is 44.4 Å². The predicted octanol–water partition coefficient (Wildman–Crippen LogP) is 7.25. The third-order valence-corrected chi connectivity index (χ3v) is 6.32. The van der Waals surface area contributed by atoms with Gasteiger partial charge in [-0.15, -0.1) is 11.5 Å². The molecule has 214 valence electrons. The fourth-order valence-electron chi connectivity index (χ4n) is 3.84. The summed E-state index contributed by atoms with van der Waals surface area (Å²) >= 11 is 0. The molecule has 0 saturated carbocycles. The molecular formula is C33H45N3NiO2.